The summed E-state index contributed by atoms with van der Waals surface area (Å²) in [5, 5.41) is 1.12. The largest absolute Gasteiger partial charge is 0.361 e. The van der Waals surface area contributed by atoms with Crippen LogP contribution in [0.1, 0.15) is 18.5 Å². The van der Waals surface area contributed by atoms with Gasteiger partial charge in [-0.05, 0) is 18.6 Å². The molecule has 2 aromatic rings. The monoisotopic (exact) mass is 161 g/mol. The molecule has 62 valence electrons. The predicted molar refractivity (Wildman–Crippen MR) is 48.7 cm³/mol. The lowest BCUT2D eigenvalue weighted by atomic mass is 10.1. The van der Waals surface area contributed by atoms with Crippen molar-refractivity contribution in [3.8, 4) is 0 Å². The normalized spacial score (nSPS) is 13.5. The second-order valence-corrected chi connectivity index (χ2v) is 2.95. The molecule has 2 heterocycles. The van der Waals surface area contributed by atoms with Crippen LogP contribution < -0.4 is 5.73 Å². The molecule has 3 N–H and O–H groups in total. The number of rotatable bonds is 1. The van der Waals surface area contributed by atoms with Crippen LogP contribution in [0.25, 0.3) is 10.9 Å². The van der Waals surface area contributed by atoms with E-state index in [1.165, 1.54) is 0 Å². The second-order valence-electron chi connectivity index (χ2n) is 2.95. The summed E-state index contributed by atoms with van der Waals surface area (Å²) >= 11 is 0. The Morgan fingerprint density at radius 1 is 1.58 bits per heavy atom. The van der Waals surface area contributed by atoms with Crippen molar-refractivity contribution in [2.45, 2.75) is 13.0 Å². The third-order valence-electron chi connectivity index (χ3n) is 2.01. The SMILES string of the molecule is C[C@@H](N)c1c[nH]c2ccncc12. The molecule has 12 heavy (non-hydrogen) atoms. The lowest BCUT2D eigenvalue weighted by Crippen LogP contribution is -2.03. The molecule has 3 heteroatoms. The van der Waals surface area contributed by atoms with Crippen molar-refractivity contribution in [1.82, 2.24) is 9.97 Å². The smallest absolute Gasteiger partial charge is 0.0488 e. The zero-order chi connectivity index (χ0) is 8.55. The Morgan fingerprint density at radius 3 is 3.17 bits per heavy atom. The highest BCUT2D eigenvalue weighted by Gasteiger charge is 2.05. The maximum absolute atomic E-state index is 5.78. The van der Waals surface area contributed by atoms with E-state index in [1.54, 1.807) is 6.20 Å². The Bertz CT molecular complexity index is 389. The summed E-state index contributed by atoms with van der Waals surface area (Å²) in [4.78, 5) is 7.20. The van der Waals surface area contributed by atoms with Crippen molar-refractivity contribution in [1.29, 1.82) is 0 Å². The van der Waals surface area contributed by atoms with Crippen LogP contribution in [-0.4, -0.2) is 9.97 Å². The van der Waals surface area contributed by atoms with E-state index in [4.69, 9.17) is 5.73 Å². The number of hydrogen-bond donors (Lipinski definition) is 2. The van der Waals surface area contributed by atoms with E-state index in [2.05, 4.69) is 9.97 Å². The molecule has 0 saturated carbocycles. The summed E-state index contributed by atoms with van der Waals surface area (Å²) < 4.78 is 0. The van der Waals surface area contributed by atoms with E-state index < -0.39 is 0 Å². The Kier molecular flexibility index (Phi) is 1.59. The summed E-state index contributed by atoms with van der Waals surface area (Å²) in [6.45, 7) is 1.97. The average molecular weight is 161 g/mol. The van der Waals surface area contributed by atoms with Crippen LogP contribution in [0.3, 0.4) is 0 Å². The van der Waals surface area contributed by atoms with Gasteiger partial charge in [0.25, 0.3) is 0 Å². The maximum atomic E-state index is 5.78. The van der Waals surface area contributed by atoms with Crippen molar-refractivity contribution in [2.75, 3.05) is 0 Å². The van der Waals surface area contributed by atoms with Crippen LogP contribution in [0.15, 0.2) is 24.7 Å². The van der Waals surface area contributed by atoms with Gasteiger partial charge in [-0.3, -0.25) is 4.98 Å². The molecule has 0 fully saturated rings. The van der Waals surface area contributed by atoms with Gasteiger partial charge in [-0.1, -0.05) is 0 Å². The molecule has 0 bridgehead atoms. The van der Waals surface area contributed by atoms with Gasteiger partial charge >= 0.3 is 0 Å². The Morgan fingerprint density at radius 2 is 2.42 bits per heavy atom. The Hall–Kier alpha value is -1.35. The number of hydrogen-bond acceptors (Lipinski definition) is 2. The van der Waals surface area contributed by atoms with Crippen molar-refractivity contribution < 1.29 is 0 Å². The summed E-state index contributed by atoms with van der Waals surface area (Å²) in [5.41, 5.74) is 7.99. The van der Waals surface area contributed by atoms with Crippen LogP contribution in [0.5, 0.6) is 0 Å². The molecular weight excluding hydrogens is 150 g/mol. The number of pyridine rings is 1. The zero-order valence-corrected chi connectivity index (χ0v) is 6.91. The van der Waals surface area contributed by atoms with Gasteiger partial charge in [0, 0.05) is 35.5 Å². The molecule has 0 aliphatic rings. The molecule has 0 unspecified atom stereocenters. The van der Waals surface area contributed by atoms with Crippen LogP contribution in [0, 0.1) is 0 Å². The van der Waals surface area contributed by atoms with Gasteiger partial charge in [-0.25, -0.2) is 0 Å². The van der Waals surface area contributed by atoms with Gasteiger partial charge in [0.1, 0.15) is 0 Å². The topological polar surface area (TPSA) is 54.7 Å². The highest BCUT2D eigenvalue weighted by atomic mass is 14.7. The summed E-state index contributed by atoms with van der Waals surface area (Å²) in [5.74, 6) is 0. The molecule has 2 rings (SSSR count). The third-order valence-corrected chi connectivity index (χ3v) is 2.01. The minimum Gasteiger partial charge on any atom is -0.361 e. The molecule has 0 amide bonds. The highest BCUT2D eigenvalue weighted by molar-refractivity contribution is 5.82. The van der Waals surface area contributed by atoms with E-state index >= 15 is 0 Å². The summed E-state index contributed by atoms with van der Waals surface area (Å²) in [7, 11) is 0. The van der Waals surface area contributed by atoms with E-state index in [0.717, 1.165) is 16.5 Å². The summed E-state index contributed by atoms with van der Waals surface area (Å²) in [6.07, 6.45) is 5.55. The number of aromatic amines is 1. The molecule has 3 nitrogen and oxygen atoms in total. The maximum Gasteiger partial charge on any atom is 0.0488 e. The van der Waals surface area contributed by atoms with Crippen LogP contribution in [-0.2, 0) is 0 Å². The number of fused-ring (bicyclic) bond motifs is 1. The minimum atomic E-state index is 0.0583. The van der Waals surface area contributed by atoms with Crippen LogP contribution in [0.4, 0.5) is 0 Å². The first-order valence-corrected chi connectivity index (χ1v) is 3.95. The second kappa shape index (κ2) is 2.60. The lowest BCUT2D eigenvalue weighted by Gasteiger charge is -2.00. The Labute approximate surface area is 70.6 Å². The van der Waals surface area contributed by atoms with E-state index in [9.17, 15) is 0 Å². The molecule has 0 spiro atoms. The summed E-state index contributed by atoms with van der Waals surface area (Å²) in [6, 6.07) is 2.00. The average Bonchev–Trinajstić information content (AvgIpc) is 2.47. The standard InChI is InChI=1S/C9H11N3/c1-6(10)7-5-12-9-2-3-11-4-8(7)9/h2-6,12H,10H2,1H3/t6-/m1/s1. The van der Waals surface area contributed by atoms with Crippen molar-refractivity contribution in [3.63, 3.8) is 0 Å². The molecule has 0 aliphatic heterocycles. The molecule has 2 aromatic heterocycles. The fourth-order valence-corrected chi connectivity index (χ4v) is 1.36. The number of aromatic nitrogens is 2. The Balaban J connectivity index is 2.70. The molecule has 0 saturated heterocycles. The number of H-pyrrole nitrogens is 1. The number of nitrogens with two attached hydrogens (primary N) is 1. The van der Waals surface area contributed by atoms with E-state index in [1.807, 2.05) is 25.4 Å². The minimum absolute atomic E-state index is 0.0583. The first-order chi connectivity index (χ1) is 5.79. The van der Waals surface area contributed by atoms with Gasteiger partial charge in [0.15, 0.2) is 0 Å². The molecule has 0 radical (unpaired) electrons. The van der Waals surface area contributed by atoms with Crippen LogP contribution >= 0.6 is 0 Å². The lowest BCUT2D eigenvalue weighted by molar-refractivity contribution is 0.826. The van der Waals surface area contributed by atoms with Crippen molar-refractivity contribution in [2.24, 2.45) is 5.73 Å². The van der Waals surface area contributed by atoms with Gasteiger partial charge in [0.2, 0.25) is 0 Å². The van der Waals surface area contributed by atoms with Crippen molar-refractivity contribution >= 4 is 10.9 Å². The predicted octanol–water partition coefficient (Wildman–Crippen LogP) is 1.58. The highest BCUT2D eigenvalue weighted by Crippen LogP contribution is 2.20. The van der Waals surface area contributed by atoms with E-state index in [0.29, 0.717) is 0 Å². The van der Waals surface area contributed by atoms with E-state index in [-0.39, 0.29) is 6.04 Å². The molecule has 1 atom stereocenters. The zero-order valence-electron chi connectivity index (χ0n) is 6.91. The number of nitrogens with one attached hydrogen (secondary N) is 1. The van der Waals surface area contributed by atoms with Gasteiger partial charge in [-0.2, -0.15) is 0 Å². The fourth-order valence-electron chi connectivity index (χ4n) is 1.36. The van der Waals surface area contributed by atoms with Gasteiger partial charge < -0.3 is 10.7 Å². The quantitative estimate of drug-likeness (QED) is 0.667. The molecular formula is C9H11N3. The molecule has 0 aliphatic carbocycles. The molecule has 0 aromatic carbocycles. The fraction of sp³-hybridized carbons (Fsp3) is 0.222. The van der Waals surface area contributed by atoms with Gasteiger partial charge in [-0.15, -0.1) is 0 Å². The van der Waals surface area contributed by atoms with Gasteiger partial charge in [0.05, 0.1) is 0 Å². The third kappa shape index (κ3) is 0.987. The van der Waals surface area contributed by atoms with Crippen LogP contribution in [0.2, 0.25) is 0 Å². The van der Waals surface area contributed by atoms with Crippen molar-refractivity contribution in [3.05, 3.63) is 30.2 Å². The number of nitrogens with zero attached hydrogens (tertiary/aromatic N) is 1. The first-order valence-electron chi connectivity index (χ1n) is 3.95. The first kappa shape index (κ1) is 7.31.